The Hall–Kier alpha value is -2.41. The number of halogens is 1. The molecule has 0 atom stereocenters. The van der Waals surface area contributed by atoms with E-state index in [1.165, 1.54) is 12.1 Å². The van der Waals surface area contributed by atoms with Crippen molar-refractivity contribution in [3.05, 3.63) is 47.5 Å². The number of hydrogen-bond donors (Lipinski definition) is 3. The number of amides is 1. The summed E-state index contributed by atoms with van der Waals surface area (Å²) >= 11 is 0. The molecule has 1 aromatic carbocycles. The highest BCUT2D eigenvalue weighted by Crippen LogP contribution is 2.14. The quantitative estimate of drug-likeness (QED) is 0.726. The van der Waals surface area contributed by atoms with Crippen LogP contribution in [0.25, 0.3) is 0 Å². The first kappa shape index (κ1) is 17.0. The molecule has 2 rings (SSSR count). The molecule has 23 heavy (non-hydrogen) atoms. The van der Waals surface area contributed by atoms with Crippen LogP contribution >= 0.6 is 0 Å². The van der Waals surface area contributed by atoms with E-state index in [1.807, 2.05) is 13.8 Å². The first-order chi connectivity index (χ1) is 10.9. The maximum absolute atomic E-state index is 13.0. The lowest BCUT2D eigenvalue weighted by Gasteiger charge is -2.21. The van der Waals surface area contributed by atoms with E-state index in [0.29, 0.717) is 18.0 Å². The third kappa shape index (κ3) is 5.07. The van der Waals surface area contributed by atoms with Gasteiger partial charge in [-0.25, -0.2) is 4.39 Å². The number of hydrogen-bond acceptors (Lipinski definition) is 4. The normalized spacial score (nSPS) is 11.3. The zero-order valence-corrected chi connectivity index (χ0v) is 13.1. The van der Waals surface area contributed by atoms with Crippen molar-refractivity contribution in [2.45, 2.75) is 20.5 Å². The van der Waals surface area contributed by atoms with Gasteiger partial charge in [-0.1, -0.05) is 19.9 Å². The molecule has 0 radical (unpaired) electrons. The van der Waals surface area contributed by atoms with Crippen molar-refractivity contribution in [1.82, 2.24) is 15.5 Å². The SMILES string of the molecule is CC(C)(CO)CNC(=O)c1cc(COc2cccc(F)c2)[nH]n1. The number of nitrogens with zero attached hydrogens (tertiary/aromatic N) is 1. The van der Waals surface area contributed by atoms with Gasteiger partial charge in [-0.05, 0) is 18.2 Å². The number of aromatic amines is 1. The van der Waals surface area contributed by atoms with Crippen LogP contribution in [-0.2, 0) is 6.61 Å². The summed E-state index contributed by atoms with van der Waals surface area (Å²) in [6, 6.07) is 7.38. The molecule has 0 aliphatic rings. The lowest BCUT2D eigenvalue weighted by Crippen LogP contribution is -2.36. The molecule has 7 heteroatoms. The van der Waals surface area contributed by atoms with Gasteiger partial charge in [0.25, 0.3) is 5.91 Å². The highest BCUT2D eigenvalue weighted by atomic mass is 19.1. The number of H-pyrrole nitrogens is 1. The van der Waals surface area contributed by atoms with Gasteiger partial charge in [0.05, 0.1) is 5.69 Å². The van der Waals surface area contributed by atoms with Gasteiger partial charge in [0.2, 0.25) is 0 Å². The fraction of sp³-hybridized carbons (Fsp3) is 0.375. The van der Waals surface area contributed by atoms with Gasteiger partial charge < -0.3 is 15.2 Å². The molecule has 0 unspecified atom stereocenters. The Morgan fingerprint density at radius 3 is 2.91 bits per heavy atom. The van der Waals surface area contributed by atoms with E-state index in [4.69, 9.17) is 9.84 Å². The highest BCUT2D eigenvalue weighted by molar-refractivity contribution is 5.92. The van der Waals surface area contributed by atoms with Crippen LogP contribution in [-0.4, -0.2) is 34.4 Å². The van der Waals surface area contributed by atoms with E-state index < -0.39 is 5.41 Å². The summed E-state index contributed by atoms with van der Waals surface area (Å²) in [6.45, 7) is 4.14. The van der Waals surface area contributed by atoms with Crippen molar-refractivity contribution in [1.29, 1.82) is 0 Å². The number of rotatable bonds is 7. The predicted octanol–water partition coefficient (Wildman–Crippen LogP) is 1.88. The van der Waals surface area contributed by atoms with E-state index in [1.54, 1.807) is 18.2 Å². The molecule has 2 aromatic rings. The summed E-state index contributed by atoms with van der Waals surface area (Å²) in [5.74, 6) is -0.311. The van der Waals surface area contributed by atoms with E-state index in [0.717, 1.165) is 0 Å². The first-order valence-corrected chi connectivity index (χ1v) is 7.21. The molecule has 1 amide bonds. The average molecular weight is 321 g/mol. The minimum Gasteiger partial charge on any atom is -0.487 e. The first-order valence-electron chi connectivity index (χ1n) is 7.21. The summed E-state index contributed by atoms with van der Waals surface area (Å²) in [4.78, 5) is 12.0. The average Bonchev–Trinajstić information content (AvgIpc) is 3.00. The van der Waals surface area contributed by atoms with Gasteiger partial charge in [0.15, 0.2) is 0 Å². The number of aliphatic hydroxyl groups excluding tert-OH is 1. The van der Waals surface area contributed by atoms with Crippen molar-refractivity contribution in [2.24, 2.45) is 5.41 Å². The van der Waals surface area contributed by atoms with Gasteiger partial charge in [-0.15, -0.1) is 0 Å². The van der Waals surface area contributed by atoms with E-state index >= 15 is 0 Å². The Kier molecular flexibility index (Phi) is 5.33. The van der Waals surface area contributed by atoms with Crippen LogP contribution in [0.5, 0.6) is 5.75 Å². The van der Waals surface area contributed by atoms with E-state index in [2.05, 4.69) is 15.5 Å². The number of aliphatic hydroxyl groups is 1. The van der Waals surface area contributed by atoms with Crippen LogP contribution < -0.4 is 10.1 Å². The Labute approximate surface area is 133 Å². The monoisotopic (exact) mass is 321 g/mol. The van der Waals surface area contributed by atoms with Gasteiger partial charge in [0, 0.05) is 24.6 Å². The molecule has 3 N–H and O–H groups in total. The Morgan fingerprint density at radius 2 is 2.22 bits per heavy atom. The van der Waals surface area contributed by atoms with Crippen LogP contribution in [0.4, 0.5) is 4.39 Å². The molecule has 1 aromatic heterocycles. The van der Waals surface area contributed by atoms with E-state index in [9.17, 15) is 9.18 Å². The third-order valence-corrected chi connectivity index (χ3v) is 3.21. The Bertz CT molecular complexity index is 670. The second-order valence-corrected chi connectivity index (χ2v) is 6.03. The lowest BCUT2D eigenvalue weighted by atomic mass is 9.95. The molecule has 6 nitrogen and oxygen atoms in total. The number of carbonyl (C=O) groups is 1. The molecule has 1 heterocycles. The minimum atomic E-state index is -0.394. The standard InChI is InChI=1S/C16H20FN3O3/c1-16(2,10-21)9-18-15(22)14-7-12(19-20-14)8-23-13-5-3-4-11(17)6-13/h3-7,21H,8-10H2,1-2H3,(H,18,22)(H,19,20). The van der Waals surface area contributed by atoms with E-state index in [-0.39, 0.29) is 30.6 Å². The Balaban J connectivity index is 1.89. The van der Waals surface area contributed by atoms with Crippen molar-refractivity contribution >= 4 is 5.91 Å². The zero-order chi connectivity index (χ0) is 16.9. The predicted molar refractivity (Wildman–Crippen MR) is 82.5 cm³/mol. The number of carbonyl (C=O) groups excluding carboxylic acids is 1. The molecule has 0 fully saturated rings. The molecule has 0 aliphatic heterocycles. The van der Waals surface area contributed by atoms with Crippen LogP contribution in [0.3, 0.4) is 0 Å². The number of benzene rings is 1. The molecule has 0 spiro atoms. The maximum Gasteiger partial charge on any atom is 0.271 e. The molecular formula is C16H20FN3O3. The van der Waals surface area contributed by atoms with Crippen LogP contribution in [0.15, 0.2) is 30.3 Å². The van der Waals surface area contributed by atoms with Crippen molar-refractivity contribution in [3.8, 4) is 5.75 Å². The number of ether oxygens (including phenoxy) is 1. The van der Waals surface area contributed by atoms with Gasteiger partial charge in [0.1, 0.15) is 23.9 Å². The molecule has 0 saturated heterocycles. The topological polar surface area (TPSA) is 87.2 Å². The summed E-state index contributed by atoms with van der Waals surface area (Å²) < 4.78 is 18.5. The van der Waals surface area contributed by atoms with Gasteiger partial charge in [-0.3, -0.25) is 9.89 Å². The van der Waals surface area contributed by atoms with Crippen LogP contribution in [0.2, 0.25) is 0 Å². The lowest BCUT2D eigenvalue weighted by molar-refractivity contribution is 0.0906. The van der Waals surface area contributed by atoms with Gasteiger partial charge in [-0.2, -0.15) is 5.10 Å². The van der Waals surface area contributed by atoms with Crippen LogP contribution in [0.1, 0.15) is 30.0 Å². The summed E-state index contributed by atoms with van der Waals surface area (Å²) in [5, 5.41) is 18.5. The molecule has 0 bridgehead atoms. The van der Waals surface area contributed by atoms with Gasteiger partial charge >= 0.3 is 0 Å². The zero-order valence-electron chi connectivity index (χ0n) is 13.1. The van der Waals surface area contributed by atoms with Crippen molar-refractivity contribution < 1.29 is 19.0 Å². The molecular weight excluding hydrogens is 301 g/mol. The maximum atomic E-state index is 13.0. The Morgan fingerprint density at radius 1 is 1.43 bits per heavy atom. The summed E-state index contributed by atoms with van der Waals surface area (Å²) in [7, 11) is 0. The summed E-state index contributed by atoms with van der Waals surface area (Å²) in [5.41, 5.74) is 0.437. The number of nitrogens with one attached hydrogen (secondary N) is 2. The molecule has 0 saturated carbocycles. The van der Waals surface area contributed by atoms with Crippen molar-refractivity contribution in [3.63, 3.8) is 0 Å². The second-order valence-electron chi connectivity index (χ2n) is 6.03. The smallest absolute Gasteiger partial charge is 0.271 e. The fourth-order valence-corrected chi connectivity index (χ4v) is 1.74. The molecule has 0 aliphatic carbocycles. The second kappa shape index (κ2) is 7.23. The summed E-state index contributed by atoms with van der Waals surface area (Å²) in [6.07, 6.45) is 0. The fourth-order valence-electron chi connectivity index (χ4n) is 1.74. The molecule has 124 valence electrons. The largest absolute Gasteiger partial charge is 0.487 e. The van der Waals surface area contributed by atoms with Crippen molar-refractivity contribution in [2.75, 3.05) is 13.2 Å². The highest BCUT2D eigenvalue weighted by Gasteiger charge is 2.19. The third-order valence-electron chi connectivity index (χ3n) is 3.21. The number of aromatic nitrogens is 2. The minimum absolute atomic E-state index is 0.0272. The van der Waals surface area contributed by atoms with Crippen LogP contribution in [0, 0.1) is 11.2 Å².